The number of sulfonamides is 1. The molecule has 0 N–H and O–H groups in total. The second-order valence-corrected chi connectivity index (χ2v) is 9.49. The maximum absolute atomic E-state index is 13.1. The Labute approximate surface area is 180 Å². The highest BCUT2D eigenvalue weighted by Crippen LogP contribution is 2.33. The van der Waals surface area contributed by atoms with Crippen molar-refractivity contribution in [3.8, 4) is 11.1 Å². The number of piperazine rings is 1. The standard InChI is InChI=1S/C21H19Cl2N3O2S/c22-19-14-24-15-20(23)21(19)25-10-12-26(13-11-25)29(27,28)18-8-6-17(7-9-18)16-4-2-1-3-5-16/h1-9,14-15H,10-13H2. The van der Waals surface area contributed by atoms with Crippen LogP contribution in [-0.2, 0) is 10.0 Å². The maximum Gasteiger partial charge on any atom is 0.243 e. The topological polar surface area (TPSA) is 53.5 Å². The molecule has 0 saturated carbocycles. The predicted molar refractivity (Wildman–Crippen MR) is 117 cm³/mol. The average Bonchev–Trinajstić information content (AvgIpc) is 2.75. The molecule has 0 atom stereocenters. The number of anilines is 1. The third-order valence-corrected chi connectivity index (χ3v) is 7.45. The Morgan fingerprint density at radius 2 is 1.31 bits per heavy atom. The number of aromatic nitrogens is 1. The fourth-order valence-corrected chi connectivity index (χ4v) is 5.48. The second kappa shape index (κ2) is 8.32. The zero-order valence-electron chi connectivity index (χ0n) is 15.5. The molecule has 1 aliphatic heterocycles. The molecule has 1 aliphatic rings. The molecule has 2 aromatic carbocycles. The first-order chi connectivity index (χ1) is 14.0. The van der Waals surface area contributed by atoms with E-state index in [2.05, 4.69) is 4.98 Å². The van der Waals surface area contributed by atoms with E-state index in [1.807, 2.05) is 47.4 Å². The molecule has 0 aliphatic carbocycles. The highest BCUT2D eigenvalue weighted by atomic mass is 35.5. The van der Waals surface area contributed by atoms with Crippen molar-refractivity contribution < 1.29 is 8.42 Å². The van der Waals surface area contributed by atoms with Crippen LogP contribution in [0.1, 0.15) is 0 Å². The van der Waals surface area contributed by atoms with E-state index >= 15 is 0 Å². The van der Waals surface area contributed by atoms with Crippen LogP contribution < -0.4 is 4.90 Å². The van der Waals surface area contributed by atoms with Gasteiger partial charge in [0.15, 0.2) is 0 Å². The number of pyridine rings is 1. The number of nitrogens with zero attached hydrogens (tertiary/aromatic N) is 3. The Morgan fingerprint density at radius 1 is 0.759 bits per heavy atom. The largest absolute Gasteiger partial charge is 0.366 e. The minimum absolute atomic E-state index is 0.297. The number of benzene rings is 2. The monoisotopic (exact) mass is 447 g/mol. The molecule has 3 aromatic rings. The van der Waals surface area contributed by atoms with Gasteiger partial charge in [0.1, 0.15) is 0 Å². The second-order valence-electron chi connectivity index (χ2n) is 6.73. The van der Waals surface area contributed by atoms with Crippen molar-refractivity contribution in [2.75, 3.05) is 31.1 Å². The zero-order chi connectivity index (χ0) is 20.4. The van der Waals surface area contributed by atoms with Gasteiger partial charge in [-0.3, -0.25) is 4.98 Å². The maximum atomic E-state index is 13.1. The minimum atomic E-state index is -3.56. The molecule has 2 heterocycles. The fourth-order valence-electron chi connectivity index (χ4n) is 3.46. The van der Waals surface area contributed by atoms with Gasteiger partial charge in [0.05, 0.1) is 20.6 Å². The molecule has 4 rings (SSSR count). The first kappa shape index (κ1) is 20.2. The van der Waals surface area contributed by atoms with Crippen LogP contribution in [-0.4, -0.2) is 43.9 Å². The van der Waals surface area contributed by atoms with Crippen molar-refractivity contribution in [2.45, 2.75) is 4.90 Å². The molecule has 0 unspecified atom stereocenters. The SMILES string of the molecule is O=S(=O)(c1ccc(-c2ccccc2)cc1)N1CCN(c2c(Cl)cncc2Cl)CC1. The number of halogens is 2. The average molecular weight is 448 g/mol. The summed E-state index contributed by atoms with van der Waals surface area (Å²) in [4.78, 5) is 6.26. The summed E-state index contributed by atoms with van der Waals surface area (Å²) in [6.07, 6.45) is 3.08. The summed E-state index contributed by atoms with van der Waals surface area (Å²) in [7, 11) is -3.56. The summed E-state index contributed by atoms with van der Waals surface area (Å²) in [5.41, 5.74) is 2.74. The Balaban J connectivity index is 1.49. The van der Waals surface area contributed by atoms with E-state index < -0.39 is 10.0 Å². The van der Waals surface area contributed by atoms with Gasteiger partial charge in [0.25, 0.3) is 0 Å². The third-order valence-electron chi connectivity index (χ3n) is 4.98. The molecular formula is C21H19Cl2N3O2S. The Kier molecular flexibility index (Phi) is 5.79. The lowest BCUT2D eigenvalue weighted by atomic mass is 10.1. The molecule has 1 aromatic heterocycles. The number of hydrogen-bond donors (Lipinski definition) is 0. The fraction of sp³-hybridized carbons (Fsp3) is 0.190. The van der Waals surface area contributed by atoms with Crippen LogP contribution in [0.15, 0.2) is 71.9 Å². The molecule has 0 radical (unpaired) electrons. The first-order valence-electron chi connectivity index (χ1n) is 9.16. The van der Waals surface area contributed by atoms with Crippen molar-refractivity contribution in [2.24, 2.45) is 0 Å². The van der Waals surface area contributed by atoms with Gasteiger partial charge in [0, 0.05) is 38.6 Å². The first-order valence-corrected chi connectivity index (χ1v) is 11.4. The molecule has 0 amide bonds. The van der Waals surface area contributed by atoms with Crippen LogP contribution in [0, 0.1) is 0 Å². The van der Waals surface area contributed by atoms with Crippen LogP contribution in [0.5, 0.6) is 0 Å². The van der Waals surface area contributed by atoms with Crippen molar-refractivity contribution >= 4 is 38.9 Å². The molecule has 29 heavy (non-hydrogen) atoms. The van der Waals surface area contributed by atoms with Crippen LogP contribution in [0.4, 0.5) is 5.69 Å². The highest BCUT2D eigenvalue weighted by Gasteiger charge is 2.29. The van der Waals surface area contributed by atoms with E-state index in [1.165, 1.54) is 4.31 Å². The Bertz CT molecular complexity index is 1080. The molecule has 8 heteroatoms. The molecule has 150 valence electrons. The third kappa shape index (κ3) is 4.12. The van der Waals surface area contributed by atoms with Gasteiger partial charge in [0.2, 0.25) is 10.0 Å². The van der Waals surface area contributed by atoms with Gasteiger partial charge in [-0.05, 0) is 23.3 Å². The molecular weight excluding hydrogens is 429 g/mol. The smallest absolute Gasteiger partial charge is 0.243 e. The summed E-state index contributed by atoms with van der Waals surface area (Å²) in [6.45, 7) is 1.73. The summed E-state index contributed by atoms with van der Waals surface area (Å²) < 4.78 is 27.6. The van der Waals surface area contributed by atoms with Crippen molar-refractivity contribution in [3.63, 3.8) is 0 Å². The van der Waals surface area contributed by atoms with Gasteiger partial charge in [-0.1, -0.05) is 65.7 Å². The van der Waals surface area contributed by atoms with E-state index in [0.29, 0.717) is 46.8 Å². The van der Waals surface area contributed by atoms with Crippen molar-refractivity contribution in [3.05, 3.63) is 77.0 Å². The van der Waals surface area contributed by atoms with Crippen LogP contribution >= 0.6 is 23.2 Å². The van der Waals surface area contributed by atoms with Crippen LogP contribution in [0.2, 0.25) is 10.0 Å². The zero-order valence-corrected chi connectivity index (χ0v) is 17.8. The van der Waals surface area contributed by atoms with Crippen LogP contribution in [0.3, 0.4) is 0 Å². The quantitative estimate of drug-likeness (QED) is 0.587. The lowest BCUT2D eigenvalue weighted by Crippen LogP contribution is -2.48. The van der Waals surface area contributed by atoms with E-state index in [9.17, 15) is 8.42 Å². The van der Waals surface area contributed by atoms with Crippen molar-refractivity contribution in [1.82, 2.24) is 9.29 Å². The lowest BCUT2D eigenvalue weighted by molar-refractivity contribution is 0.385. The van der Waals surface area contributed by atoms with Gasteiger partial charge >= 0.3 is 0 Å². The van der Waals surface area contributed by atoms with Gasteiger partial charge in [-0.2, -0.15) is 4.31 Å². The highest BCUT2D eigenvalue weighted by molar-refractivity contribution is 7.89. The molecule has 5 nitrogen and oxygen atoms in total. The Morgan fingerprint density at radius 3 is 1.90 bits per heavy atom. The summed E-state index contributed by atoms with van der Waals surface area (Å²) in [5, 5.41) is 0.926. The van der Waals surface area contributed by atoms with E-state index in [4.69, 9.17) is 23.2 Å². The summed E-state index contributed by atoms with van der Waals surface area (Å²) >= 11 is 12.5. The predicted octanol–water partition coefficient (Wildman–Crippen LogP) is 4.57. The Hall–Kier alpha value is -2.12. The summed E-state index contributed by atoms with van der Waals surface area (Å²) in [6, 6.07) is 16.9. The van der Waals surface area contributed by atoms with Gasteiger partial charge in [-0.15, -0.1) is 0 Å². The van der Waals surface area contributed by atoms with Crippen LogP contribution in [0.25, 0.3) is 11.1 Å². The van der Waals surface area contributed by atoms with Gasteiger partial charge < -0.3 is 4.90 Å². The molecule has 1 fully saturated rings. The number of rotatable bonds is 4. The summed E-state index contributed by atoms with van der Waals surface area (Å²) in [5.74, 6) is 0. The molecule has 0 spiro atoms. The van der Waals surface area contributed by atoms with Gasteiger partial charge in [-0.25, -0.2) is 8.42 Å². The van der Waals surface area contributed by atoms with E-state index in [0.717, 1.165) is 11.1 Å². The molecule has 1 saturated heterocycles. The number of hydrogen-bond acceptors (Lipinski definition) is 4. The van der Waals surface area contributed by atoms with E-state index in [1.54, 1.807) is 24.5 Å². The molecule has 0 bridgehead atoms. The van der Waals surface area contributed by atoms with Crippen molar-refractivity contribution in [1.29, 1.82) is 0 Å². The normalized spacial score (nSPS) is 15.4. The lowest BCUT2D eigenvalue weighted by Gasteiger charge is -2.36. The minimum Gasteiger partial charge on any atom is -0.366 e. The van der Waals surface area contributed by atoms with E-state index in [-0.39, 0.29) is 0 Å².